The first-order valence-electron chi connectivity index (χ1n) is 6.06. The van der Waals surface area contributed by atoms with Crippen LogP contribution >= 0.6 is 0 Å². The van der Waals surface area contributed by atoms with Crippen molar-refractivity contribution in [2.75, 3.05) is 6.54 Å². The van der Waals surface area contributed by atoms with Gasteiger partial charge in [-0.1, -0.05) is 12.1 Å². The monoisotopic (exact) mass is 279 g/mol. The van der Waals surface area contributed by atoms with Crippen LogP contribution in [0.5, 0.6) is 0 Å². The van der Waals surface area contributed by atoms with Crippen molar-refractivity contribution in [3.8, 4) is 0 Å². The summed E-state index contributed by atoms with van der Waals surface area (Å²) in [5.41, 5.74) is 6.01. The van der Waals surface area contributed by atoms with Crippen LogP contribution in [0.1, 0.15) is 22.8 Å². The Bertz CT molecular complexity index is 516. The molecule has 0 aliphatic heterocycles. The Balaban J connectivity index is 2.41. The van der Waals surface area contributed by atoms with Crippen LogP contribution in [0.25, 0.3) is 0 Å². The molecule has 0 aromatic heterocycles. The second kappa shape index (κ2) is 7.13. The summed E-state index contributed by atoms with van der Waals surface area (Å²) >= 11 is 0. The van der Waals surface area contributed by atoms with Crippen molar-refractivity contribution >= 4 is 17.9 Å². The number of primary amides is 1. The lowest BCUT2D eigenvalue weighted by molar-refractivity contribution is -0.119. The highest BCUT2D eigenvalue weighted by molar-refractivity contribution is 5.87. The highest BCUT2D eigenvalue weighted by atomic mass is 16.4. The van der Waals surface area contributed by atoms with Crippen molar-refractivity contribution in [1.82, 2.24) is 10.6 Å². The summed E-state index contributed by atoms with van der Waals surface area (Å²) in [6.07, 6.45) is 0.486. The number of amides is 3. The number of hydrogen-bond donors (Lipinski definition) is 4. The van der Waals surface area contributed by atoms with E-state index in [9.17, 15) is 14.4 Å². The molecule has 1 aromatic rings. The van der Waals surface area contributed by atoms with Crippen molar-refractivity contribution in [3.05, 3.63) is 35.4 Å². The summed E-state index contributed by atoms with van der Waals surface area (Å²) in [4.78, 5) is 33.0. The number of carbonyl (C=O) groups excluding carboxylic acids is 2. The highest BCUT2D eigenvalue weighted by Crippen LogP contribution is 2.05. The molecule has 3 amide bonds. The van der Waals surface area contributed by atoms with Crippen LogP contribution in [0.3, 0.4) is 0 Å². The lowest BCUT2D eigenvalue weighted by atomic mass is 10.1. The van der Waals surface area contributed by atoms with E-state index in [0.29, 0.717) is 13.0 Å². The highest BCUT2D eigenvalue weighted by Gasteiger charge is 2.11. The van der Waals surface area contributed by atoms with E-state index in [1.54, 1.807) is 18.2 Å². The second-order valence-electron chi connectivity index (χ2n) is 4.28. The number of carbonyl (C=O) groups is 3. The molecule has 20 heavy (non-hydrogen) atoms. The number of benzene rings is 1. The lowest BCUT2D eigenvalue weighted by Gasteiger charge is -2.11. The molecule has 108 valence electrons. The Labute approximate surface area is 116 Å². The van der Waals surface area contributed by atoms with Gasteiger partial charge in [0.05, 0.1) is 5.56 Å². The molecule has 0 radical (unpaired) electrons. The Morgan fingerprint density at radius 2 is 2.05 bits per heavy atom. The van der Waals surface area contributed by atoms with Crippen molar-refractivity contribution in [2.24, 2.45) is 5.73 Å². The average Bonchev–Trinajstić information content (AvgIpc) is 2.38. The van der Waals surface area contributed by atoms with E-state index in [-0.39, 0.29) is 5.56 Å². The third-order valence-electron chi connectivity index (χ3n) is 2.65. The van der Waals surface area contributed by atoms with Crippen LogP contribution in [0.15, 0.2) is 24.3 Å². The van der Waals surface area contributed by atoms with Gasteiger partial charge in [0.2, 0.25) is 5.91 Å². The number of hydrogen-bond acceptors (Lipinski definition) is 3. The lowest BCUT2D eigenvalue weighted by Crippen LogP contribution is -2.47. The topological polar surface area (TPSA) is 122 Å². The van der Waals surface area contributed by atoms with Gasteiger partial charge in [-0.25, -0.2) is 9.59 Å². The van der Waals surface area contributed by atoms with Gasteiger partial charge < -0.3 is 21.5 Å². The molecule has 0 spiro atoms. The molecule has 0 saturated heterocycles. The van der Waals surface area contributed by atoms with Crippen LogP contribution in [0.2, 0.25) is 0 Å². The van der Waals surface area contributed by atoms with Gasteiger partial charge in [0, 0.05) is 6.54 Å². The van der Waals surface area contributed by atoms with Crippen LogP contribution in [0.4, 0.5) is 4.79 Å². The molecule has 0 aliphatic rings. The zero-order chi connectivity index (χ0) is 15.1. The maximum Gasteiger partial charge on any atom is 0.335 e. The number of aromatic carboxylic acids is 1. The minimum Gasteiger partial charge on any atom is -0.478 e. The molecule has 0 aliphatic carbocycles. The van der Waals surface area contributed by atoms with E-state index in [1.807, 2.05) is 0 Å². The third-order valence-corrected chi connectivity index (χ3v) is 2.65. The molecule has 1 unspecified atom stereocenters. The fraction of sp³-hybridized carbons (Fsp3) is 0.308. The third kappa shape index (κ3) is 4.97. The molecule has 1 atom stereocenters. The molecule has 0 bridgehead atoms. The molecule has 7 nitrogen and oxygen atoms in total. The average molecular weight is 279 g/mol. The summed E-state index contributed by atoms with van der Waals surface area (Å²) in [5.74, 6) is -1.61. The Morgan fingerprint density at radius 1 is 1.35 bits per heavy atom. The Morgan fingerprint density at radius 3 is 2.65 bits per heavy atom. The number of carboxylic acids is 1. The molecule has 7 heteroatoms. The van der Waals surface area contributed by atoms with E-state index in [2.05, 4.69) is 10.6 Å². The standard InChI is InChI=1S/C13H17N3O4/c1-8(11(14)17)16-13(20)15-6-5-9-3-2-4-10(7-9)12(18)19/h2-4,7-8H,5-6H2,1H3,(H2,14,17)(H,18,19)(H2,15,16,20). The number of nitrogens with two attached hydrogens (primary N) is 1. The summed E-state index contributed by atoms with van der Waals surface area (Å²) in [6, 6.07) is 5.23. The number of urea groups is 1. The van der Waals surface area contributed by atoms with E-state index in [1.165, 1.54) is 13.0 Å². The quantitative estimate of drug-likeness (QED) is 0.590. The zero-order valence-corrected chi connectivity index (χ0v) is 11.1. The van der Waals surface area contributed by atoms with Gasteiger partial charge in [0.1, 0.15) is 6.04 Å². The number of carboxylic acid groups (broad SMARTS) is 1. The van der Waals surface area contributed by atoms with Crippen molar-refractivity contribution in [1.29, 1.82) is 0 Å². The van der Waals surface area contributed by atoms with Crippen molar-refractivity contribution in [3.63, 3.8) is 0 Å². The number of rotatable bonds is 6. The fourth-order valence-electron chi connectivity index (χ4n) is 1.50. The predicted molar refractivity (Wildman–Crippen MR) is 72.3 cm³/mol. The predicted octanol–water partition coefficient (Wildman–Crippen LogP) is 0.100. The van der Waals surface area contributed by atoms with E-state index in [4.69, 9.17) is 10.8 Å². The van der Waals surface area contributed by atoms with Crippen LogP contribution in [0, 0.1) is 0 Å². The van der Waals surface area contributed by atoms with Crippen LogP contribution in [-0.4, -0.2) is 35.6 Å². The van der Waals surface area contributed by atoms with E-state index < -0.39 is 23.9 Å². The minimum atomic E-state index is -0.993. The van der Waals surface area contributed by atoms with Crippen molar-refractivity contribution in [2.45, 2.75) is 19.4 Å². The molecule has 1 rings (SSSR count). The SMILES string of the molecule is CC(NC(=O)NCCc1cccc(C(=O)O)c1)C(N)=O. The Kier molecular flexibility index (Phi) is 5.52. The zero-order valence-electron chi connectivity index (χ0n) is 11.1. The fourth-order valence-corrected chi connectivity index (χ4v) is 1.50. The van der Waals surface area contributed by atoms with E-state index >= 15 is 0 Å². The van der Waals surface area contributed by atoms with Crippen LogP contribution < -0.4 is 16.4 Å². The van der Waals surface area contributed by atoms with Gasteiger partial charge in [0.15, 0.2) is 0 Å². The van der Waals surface area contributed by atoms with Gasteiger partial charge in [-0.3, -0.25) is 4.79 Å². The summed E-state index contributed by atoms with van der Waals surface area (Å²) < 4.78 is 0. The first-order valence-corrected chi connectivity index (χ1v) is 6.06. The molecular weight excluding hydrogens is 262 g/mol. The van der Waals surface area contributed by atoms with Gasteiger partial charge in [0.25, 0.3) is 0 Å². The Hall–Kier alpha value is -2.57. The molecule has 0 fully saturated rings. The molecule has 0 heterocycles. The van der Waals surface area contributed by atoms with Crippen LogP contribution in [-0.2, 0) is 11.2 Å². The second-order valence-corrected chi connectivity index (χ2v) is 4.28. The molecular formula is C13H17N3O4. The van der Waals surface area contributed by atoms with Gasteiger partial charge >= 0.3 is 12.0 Å². The summed E-state index contributed by atoms with van der Waals surface area (Å²) in [5, 5.41) is 13.8. The molecule has 0 saturated carbocycles. The van der Waals surface area contributed by atoms with Gasteiger partial charge in [-0.05, 0) is 31.0 Å². The van der Waals surface area contributed by atoms with Gasteiger partial charge in [-0.2, -0.15) is 0 Å². The smallest absolute Gasteiger partial charge is 0.335 e. The van der Waals surface area contributed by atoms with Gasteiger partial charge in [-0.15, -0.1) is 0 Å². The summed E-state index contributed by atoms with van der Waals surface area (Å²) in [7, 11) is 0. The molecule has 5 N–H and O–H groups in total. The number of nitrogens with one attached hydrogen (secondary N) is 2. The molecule has 1 aromatic carbocycles. The first-order chi connectivity index (χ1) is 9.40. The first kappa shape index (κ1) is 15.5. The van der Waals surface area contributed by atoms with E-state index in [0.717, 1.165) is 5.56 Å². The largest absolute Gasteiger partial charge is 0.478 e. The minimum absolute atomic E-state index is 0.203. The normalized spacial score (nSPS) is 11.4. The maximum absolute atomic E-state index is 11.4. The maximum atomic E-state index is 11.4. The summed E-state index contributed by atoms with van der Waals surface area (Å²) in [6.45, 7) is 1.80. The van der Waals surface area contributed by atoms with Crippen molar-refractivity contribution < 1.29 is 19.5 Å².